The summed E-state index contributed by atoms with van der Waals surface area (Å²) >= 11 is 0. The molecule has 0 atom stereocenters. The van der Waals surface area contributed by atoms with Crippen LogP contribution in [0.1, 0.15) is 25.1 Å². The van der Waals surface area contributed by atoms with Crippen molar-refractivity contribution in [3.05, 3.63) is 48.0 Å². The van der Waals surface area contributed by atoms with Gasteiger partial charge in [-0.3, -0.25) is 4.98 Å². The van der Waals surface area contributed by atoms with E-state index in [1.54, 1.807) is 6.20 Å². The van der Waals surface area contributed by atoms with Gasteiger partial charge in [0.2, 0.25) is 5.95 Å². The first-order chi connectivity index (χ1) is 9.65. The largest absolute Gasteiger partial charge is 0.338 e. The molecule has 5 heteroatoms. The van der Waals surface area contributed by atoms with Gasteiger partial charge in [0.15, 0.2) is 0 Å². The first-order valence-corrected chi connectivity index (χ1v) is 6.80. The number of hydrogen-bond donors (Lipinski definition) is 1. The molecule has 2 heterocycles. The monoisotopic (exact) mass is 271 g/mol. The highest BCUT2D eigenvalue weighted by molar-refractivity contribution is 5.29. The zero-order valence-electron chi connectivity index (χ0n) is 12.2. The molecule has 0 aliphatic rings. The van der Waals surface area contributed by atoms with Gasteiger partial charge in [0.1, 0.15) is 0 Å². The standard InChI is InChI=1S/C15H21N5/c1-12(2)17-8-13-9-18-15(19-10-13)20(3)11-14-6-4-5-7-16-14/h4-7,9-10,12,17H,8,11H2,1-3H3. The van der Waals surface area contributed by atoms with E-state index in [1.807, 2.05) is 42.5 Å². The van der Waals surface area contributed by atoms with Crippen LogP contribution in [0.3, 0.4) is 0 Å². The van der Waals surface area contributed by atoms with Gasteiger partial charge in [-0.15, -0.1) is 0 Å². The van der Waals surface area contributed by atoms with Gasteiger partial charge < -0.3 is 10.2 Å². The van der Waals surface area contributed by atoms with Crippen LogP contribution < -0.4 is 10.2 Å². The molecule has 0 amide bonds. The first kappa shape index (κ1) is 14.4. The average Bonchev–Trinajstić information content (AvgIpc) is 2.46. The van der Waals surface area contributed by atoms with Gasteiger partial charge >= 0.3 is 0 Å². The maximum Gasteiger partial charge on any atom is 0.225 e. The lowest BCUT2D eigenvalue weighted by Crippen LogP contribution is -2.23. The fourth-order valence-electron chi connectivity index (χ4n) is 1.76. The molecule has 2 aromatic heterocycles. The van der Waals surface area contributed by atoms with Crippen molar-refractivity contribution >= 4 is 5.95 Å². The number of hydrogen-bond acceptors (Lipinski definition) is 5. The highest BCUT2D eigenvalue weighted by atomic mass is 15.2. The Bertz CT molecular complexity index is 510. The van der Waals surface area contributed by atoms with E-state index in [1.165, 1.54) is 0 Å². The lowest BCUT2D eigenvalue weighted by Gasteiger charge is -2.16. The summed E-state index contributed by atoms with van der Waals surface area (Å²) in [6.07, 6.45) is 5.53. The summed E-state index contributed by atoms with van der Waals surface area (Å²) in [4.78, 5) is 15.1. The van der Waals surface area contributed by atoms with Crippen molar-refractivity contribution in [1.82, 2.24) is 20.3 Å². The second-order valence-electron chi connectivity index (χ2n) is 5.10. The minimum Gasteiger partial charge on any atom is -0.338 e. The quantitative estimate of drug-likeness (QED) is 0.871. The molecule has 0 aliphatic carbocycles. The van der Waals surface area contributed by atoms with E-state index in [0.29, 0.717) is 18.5 Å². The molecule has 0 aliphatic heterocycles. The van der Waals surface area contributed by atoms with Crippen LogP contribution in [0.25, 0.3) is 0 Å². The van der Waals surface area contributed by atoms with Crippen molar-refractivity contribution < 1.29 is 0 Å². The fourth-order valence-corrected chi connectivity index (χ4v) is 1.76. The highest BCUT2D eigenvalue weighted by Crippen LogP contribution is 2.08. The van der Waals surface area contributed by atoms with E-state index < -0.39 is 0 Å². The molecule has 0 unspecified atom stereocenters. The Labute approximate surface area is 120 Å². The molecule has 0 fully saturated rings. The summed E-state index contributed by atoms with van der Waals surface area (Å²) in [5.41, 5.74) is 2.10. The van der Waals surface area contributed by atoms with Crippen LogP contribution in [0.15, 0.2) is 36.8 Å². The summed E-state index contributed by atoms with van der Waals surface area (Å²) in [6, 6.07) is 6.35. The molecule has 2 rings (SSSR count). The van der Waals surface area contributed by atoms with Crippen LogP contribution >= 0.6 is 0 Å². The SMILES string of the molecule is CC(C)NCc1cnc(N(C)Cc2ccccn2)nc1. The molecular weight excluding hydrogens is 250 g/mol. The summed E-state index contributed by atoms with van der Waals surface area (Å²) in [5.74, 6) is 0.712. The zero-order chi connectivity index (χ0) is 14.4. The van der Waals surface area contributed by atoms with Gasteiger partial charge in [-0.2, -0.15) is 0 Å². The van der Waals surface area contributed by atoms with E-state index in [4.69, 9.17) is 0 Å². The third kappa shape index (κ3) is 4.28. The second kappa shape index (κ2) is 6.96. The van der Waals surface area contributed by atoms with E-state index in [-0.39, 0.29) is 0 Å². The fraction of sp³-hybridized carbons (Fsp3) is 0.400. The third-order valence-corrected chi connectivity index (χ3v) is 2.87. The molecule has 0 bridgehead atoms. The second-order valence-corrected chi connectivity index (χ2v) is 5.10. The number of aromatic nitrogens is 3. The number of anilines is 1. The van der Waals surface area contributed by atoms with Crippen molar-refractivity contribution in [2.75, 3.05) is 11.9 Å². The van der Waals surface area contributed by atoms with Crippen LogP contribution in [-0.2, 0) is 13.1 Å². The molecule has 0 radical (unpaired) electrons. The molecule has 2 aromatic rings. The van der Waals surface area contributed by atoms with Gasteiger partial charge in [0.25, 0.3) is 0 Å². The van der Waals surface area contributed by atoms with Gasteiger partial charge in [0, 0.05) is 43.8 Å². The van der Waals surface area contributed by atoms with Crippen molar-refractivity contribution in [2.24, 2.45) is 0 Å². The van der Waals surface area contributed by atoms with Gasteiger partial charge in [-0.1, -0.05) is 19.9 Å². The molecule has 1 N–H and O–H groups in total. The van der Waals surface area contributed by atoms with Crippen molar-refractivity contribution in [1.29, 1.82) is 0 Å². The van der Waals surface area contributed by atoms with Crippen LogP contribution in [0, 0.1) is 0 Å². The van der Waals surface area contributed by atoms with Crippen LogP contribution in [0.4, 0.5) is 5.95 Å². The molecule has 0 aromatic carbocycles. The zero-order valence-corrected chi connectivity index (χ0v) is 12.2. The summed E-state index contributed by atoms with van der Waals surface area (Å²) in [6.45, 7) is 5.73. The lowest BCUT2D eigenvalue weighted by molar-refractivity contribution is 0.586. The Morgan fingerprint density at radius 3 is 2.50 bits per heavy atom. The maximum atomic E-state index is 4.40. The topological polar surface area (TPSA) is 53.9 Å². The Kier molecular flexibility index (Phi) is 5.01. The van der Waals surface area contributed by atoms with Gasteiger partial charge in [-0.05, 0) is 12.1 Å². The number of pyridine rings is 1. The van der Waals surface area contributed by atoms with Crippen LogP contribution in [0.5, 0.6) is 0 Å². The Balaban J connectivity index is 1.95. The van der Waals surface area contributed by atoms with E-state index >= 15 is 0 Å². The van der Waals surface area contributed by atoms with E-state index in [2.05, 4.69) is 34.1 Å². The summed E-state index contributed by atoms with van der Waals surface area (Å²) in [7, 11) is 1.97. The Hall–Kier alpha value is -2.01. The molecule has 20 heavy (non-hydrogen) atoms. The minimum atomic E-state index is 0.460. The lowest BCUT2D eigenvalue weighted by atomic mass is 10.3. The van der Waals surface area contributed by atoms with E-state index in [9.17, 15) is 0 Å². The number of nitrogens with zero attached hydrogens (tertiary/aromatic N) is 4. The maximum absolute atomic E-state index is 4.40. The molecule has 0 spiro atoms. The number of rotatable bonds is 6. The van der Waals surface area contributed by atoms with Crippen molar-refractivity contribution in [3.63, 3.8) is 0 Å². The molecular formula is C15H21N5. The Morgan fingerprint density at radius 2 is 1.90 bits per heavy atom. The summed E-state index contributed by atoms with van der Waals surface area (Å²) in [5, 5.41) is 3.35. The van der Waals surface area contributed by atoms with Crippen molar-refractivity contribution in [2.45, 2.75) is 33.0 Å². The normalized spacial score (nSPS) is 10.8. The summed E-state index contributed by atoms with van der Waals surface area (Å²) < 4.78 is 0. The van der Waals surface area contributed by atoms with Crippen molar-refractivity contribution in [3.8, 4) is 0 Å². The van der Waals surface area contributed by atoms with Gasteiger partial charge in [0.05, 0.1) is 12.2 Å². The first-order valence-electron chi connectivity index (χ1n) is 6.80. The van der Waals surface area contributed by atoms with E-state index in [0.717, 1.165) is 17.8 Å². The molecule has 0 saturated carbocycles. The average molecular weight is 271 g/mol. The molecule has 5 nitrogen and oxygen atoms in total. The predicted molar refractivity (Wildman–Crippen MR) is 80.4 cm³/mol. The van der Waals surface area contributed by atoms with Crippen LogP contribution in [-0.4, -0.2) is 28.0 Å². The smallest absolute Gasteiger partial charge is 0.225 e. The molecule has 0 saturated heterocycles. The highest BCUT2D eigenvalue weighted by Gasteiger charge is 2.06. The Morgan fingerprint density at radius 1 is 1.15 bits per heavy atom. The molecule has 106 valence electrons. The van der Waals surface area contributed by atoms with Crippen LogP contribution in [0.2, 0.25) is 0 Å². The third-order valence-electron chi connectivity index (χ3n) is 2.87. The number of nitrogens with one attached hydrogen (secondary N) is 1. The minimum absolute atomic E-state index is 0.460. The predicted octanol–water partition coefficient (Wildman–Crippen LogP) is 2.01. The van der Waals surface area contributed by atoms with Gasteiger partial charge in [-0.25, -0.2) is 9.97 Å².